The number of rotatable bonds is 5. The number of nitrogens with zero attached hydrogens (tertiary/aromatic N) is 1. The lowest BCUT2D eigenvalue weighted by atomic mass is 10.3. The minimum absolute atomic E-state index is 0.0348. The second-order valence-corrected chi connectivity index (χ2v) is 7.36. The van der Waals surface area contributed by atoms with Crippen LogP contribution in [0.4, 0.5) is 4.79 Å². The van der Waals surface area contributed by atoms with Crippen molar-refractivity contribution < 1.29 is 17.9 Å². The molecule has 116 valence electrons. The van der Waals surface area contributed by atoms with Crippen molar-refractivity contribution in [1.29, 1.82) is 0 Å². The normalized spacial score (nSPS) is 20.0. The number of carbonyl (C=O) groups is 1. The topological polar surface area (TPSA) is 75.7 Å². The van der Waals surface area contributed by atoms with E-state index in [0.717, 1.165) is 5.75 Å². The van der Waals surface area contributed by atoms with Gasteiger partial charge in [-0.2, -0.15) is 0 Å². The maximum absolute atomic E-state index is 11.9. The summed E-state index contributed by atoms with van der Waals surface area (Å²) in [6.45, 7) is 0.817. The summed E-state index contributed by atoms with van der Waals surface area (Å²) in [4.78, 5) is 13.4. The molecule has 1 fully saturated rings. The summed E-state index contributed by atoms with van der Waals surface area (Å²) in [5.74, 6) is 0.944. The number of sulfone groups is 1. The van der Waals surface area contributed by atoms with Crippen molar-refractivity contribution in [1.82, 2.24) is 10.2 Å². The minimum Gasteiger partial charge on any atom is -0.492 e. The predicted molar refractivity (Wildman–Crippen MR) is 80.2 cm³/mol. The number of ether oxygens (including phenoxy) is 1. The Morgan fingerprint density at radius 1 is 1.38 bits per heavy atom. The van der Waals surface area contributed by atoms with E-state index in [2.05, 4.69) is 5.32 Å². The number of hydrogen-bond acceptors (Lipinski definition) is 4. The van der Waals surface area contributed by atoms with Crippen molar-refractivity contribution in [2.45, 2.75) is 12.5 Å². The third kappa shape index (κ3) is 4.93. The van der Waals surface area contributed by atoms with Crippen LogP contribution in [0.25, 0.3) is 0 Å². The van der Waals surface area contributed by atoms with Crippen molar-refractivity contribution in [3.8, 4) is 5.75 Å². The van der Waals surface area contributed by atoms with Crippen LogP contribution in [0.3, 0.4) is 0 Å². The Labute approximate surface area is 125 Å². The van der Waals surface area contributed by atoms with Crippen molar-refractivity contribution in [3.05, 3.63) is 30.3 Å². The molecule has 6 nitrogen and oxygen atoms in total. The largest absolute Gasteiger partial charge is 0.492 e. The second kappa shape index (κ2) is 6.80. The quantitative estimate of drug-likeness (QED) is 0.876. The highest BCUT2D eigenvalue weighted by molar-refractivity contribution is 7.91. The van der Waals surface area contributed by atoms with Crippen LogP contribution in [0.1, 0.15) is 6.42 Å². The number of benzene rings is 1. The summed E-state index contributed by atoms with van der Waals surface area (Å²) in [6.07, 6.45) is 0.489. The van der Waals surface area contributed by atoms with Crippen LogP contribution < -0.4 is 10.1 Å². The number of urea groups is 1. The van der Waals surface area contributed by atoms with E-state index in [1.807, 2.05) is 30.3 Å². The third-order valence-electron chi connectivity index (χ3n) is 3.35. The summed E-state index contributed by atoms with van der Waals surface area (Å²) >= 11 is 0. The number of likely N-dealkylation sites (N-methyl/N-ethyl adjacent to an activating group) is 1. The summed E-state index contributed by atoms with van der Waals surface area (Å²) in [6, 6.07) is 8.82. The zero-order valence-electron chi connectivity index (χ0n) is 12.0. The molecule has 7 heteroatoms. The maximum Gasteiger partial charge on any atom is 0.317 e. The molecule has 1 N–H and O–H groups in total. The zero-order chi connectivity index (χ0) is 15.3. The van der Waals surface area contributed by atoms with E-state index in [1.165, 1.54) is 4.90 Å². The fourth-order valence-electron chi connectivity index (χ4n) is 2.11. The van der Waals surface area contributed by atoms with Gasteiger partial charge in [-0.25, -0.2) is 13.2 Å². The SMILES string of the molecule is CN(CCOc1ccccc1)C(=O)N[C@H]1CCS(=O)(=O)C1. The molecule has 1 aromatic carbocycles. The van der Waals surface area contributed by atoms with Crippen LogP contribution in [0, 0.1) is 0 Å². The van der Waals surface area contributed by atoms with E-state index < -0.39 is 9.84 Å². The number of para-hydroxylation sites is 1. The highest BCUT2D eigenvalue weighted by atomic mass is 32.2. The van der Waals surface area contributed by atoms with Crippen molar-refractivity contribution in [3.63, 3.8) is 0 Å². The van der Waals surface area contributed by atoms with Gasteiger partial charge >= 0.3 is 6.03 Å². The fraction of sp³-hybridized carbons (Fsp3) is 0.500. The molecule has 0 radical (unpaired) electrons. The second-order valence-electron chi connectivity index (χ2n) is 5.13. The molecule has 2 rings (SSSR count). The molecule has 2 amide bonds. The van der Waals surface area contributed by atoms with Gasteiger partial charge in [0.25, 0.3) is 0 Å². The van der Waals surface area contributed by atoms with E-state index in [0.29, 0.717) is 19.6 Å². The summed E-state index contributed by atoms with van der Waals surface area (Å²) in [7, 11) is -1.32. The highest BCUT2D eigenvalue weighted by Gasteiger charge is 2.29. The standard InChI is InChI=1S/C14H20N2O4S/c1-16(8-9-20-13-5-3-2-4-6-13)14(17)15-12-7-10-21(18,19)11-12/h2-6,12H,7-11H2,1H3,(H,15,17)/t12-/m0/s1. The smallest absolute Gasteiger partial charge is 0.317 e. The Balaban J connectivity index is 1.70. The molecule has 1 atom stereocenters. The van der Waals surface area contributed by atoms with E-state index >= 15 is 0 Å². The molecule has 21 heavy (non-hydrogen) atoms. The lowest BCUT2D eigenvalue weighted by Gasteiger charge is -2.20. The van der Waals surface area contributed by atoms with Gasteiger partial charge in [0.15, 0.2) is 9.84 Å². The minimum atomic E-state index is -2.98. The van der Waals surface area contributed by atoms with Crippen LogP contribution >= 0.6 is 0 Å². The first kappa shape index (κ1) is 15.6. The van der Waals surface area contributed by atoms with Crippen molar-refractivity contribution >= 4 is 15.9 Å². The summed E-state index contributed by atoms with van der Waals surface area (Å²) in [5, 5.41) is 2.74. The molecule has 0 unspecified atom stereocenters. The first-order chi connectivity index (χ1) is 9.96. The Hall–Kier alpha value is -1.76. The first-order valence-electron chi connectivity index (χ1n) is 6.86. The molecule has 1 saturated heterocycles. The molecule has 0 spiro atoms. The fourth-order valence-corrected chi connectivity index (χ4v) is 3.79. The number of hydrogen-bond donors (Lipinski definition) is 1. The van der Waals surface area contributed by atoms with Gasteiger partial charge in [-0.05, 0) is 18.6 Å². The monoisotopic (exact) mass is 312 g/mol. The Morgan fingerprint density at radius 2 is 2.10 bits per heavy atom. The highest BCUT2D eigenvalue weighted by Crippen LogP contribution is 2.11. The third-order valence-corrected chi connectivity index (χ3v) is 5.11. The van der Waals surface area contributed by atoms with Crippen LogP contribution in [-0.2, 0) is 9.84 Å². The molecule has 1 aliphatic rings. The summed E-state index contributed by atoms with van der Waals surface area (Å²) in [5.41, 5.74) is 0. The van der Waals surface area contributed by atoms with E-state index in [9.17, 15) is 13.2 Å². The molecular weight excluding hydrogens is 292 g/mol. The maximum atomic E-state index is 11.9. The van der Waals surface area contributed by atoms with Gasteiger partial charge in [0.2, 0.25) is 0 Å². The molecule has 0 bridgehead atoms. The molecule has 1 aliphatic heterocycles. The molecular formula is C14H20N2O4S. The van der Waals surface area contributed by atoms with Crippen molar-refractivity contribution in [2.75, 3.05) is 31.7 Å². The van der Waals surface area contributed by atoms with Crippen LogP contribution in [0.15, 0.2) is 30.3 Å². The van der Waals surface area contributed by atoms with Gasteiger partial charge in [-0.1, -0.05) is 18.2 Å². The molecule has 0 saturated carbocycles. The summed E-state index contributed by atoms with van der Waals surface area (Å²) < 4.78 is 28.2. The van der Waals surface area contributed by atoms with Crippen LogP contribution in [0.2, 0.25) is 0 Å². The number of carbonyl (C=O) groups excluding carboxylic acids is 1. The van der Waals surface area contributed by atoms with Crippen LogP contribution in [-0.4, -0.2) is 57.1 Å². The van der Waals surface area contributed by atoms with E-state index in [1.54, 1.807) is 7.05 Å². The Kier molecular flexibility index (Phi) is 5.06. The molecule has 1 heterocycles. The van der Waals surface area contributed by atoms with Gasteiger partial charge in [-0.15, -0.1) is 0 Å². The van der Waals surface area contributed by atoms with Gasteiger partial charge < -0.3 is 15.0 Å². The molecule has 0 aromatic heterocycles. The average molecular weight is 312 g/mol. The lowest BCUT2D eigenvalue weighted by molar-refractivity contribution is 0.192. The van der Waals surface area contributed by atoms with E-state index in [4.69, 9.17) is 4.74 Å². The average Bonchev–Trinajstić information content (AvgIpc) is 2.79. The zero-order valence-corrected chi connectivity index (χ0v) is 12.8. The van der Waals surface area contributed by atoms with Gasteiger partial charge in [-0.3, -0.25) is 0 Å². The van der Waals surface area contributed by atoms with Gasteiger partial charge in [0.1, 0.15) is 12.4 Å². The predicted octanol–water partition coefficient (Wildman–Crippen LogP) is 0.894. The number of amides is 2. The van der Waals surface area contributed by atoms with E-state index in [-0.39, 0.29) is 23.6 Å². The number of nitrogens with one attached hydrogen (secondary N) is 1. The van der Waals surface area contributed by atoms with Crippen molar-refractivity contribution in [2.24, 2.45) is 0 Å². The first-order valence-corrected chi connectivity index (χ1v) is 8.68. The molecule has 0 aliphatic carbocycles. The molecule has 1 aromatic rings. The van der Waals surface area contributed by atoms with Gasteiger partial charge in [0, 0.05) is 13.1 Å². The Morgan fingerprint density at radius 3 is 2.71 bits per heavy atom. The Bertz CT molecular complexity index is 574. The lowest BCUT2D eigenvalue weighted by Crippen LogP contribution is -2.44. The van der Waals surface area contributed by atoms with Crippen LogP contribution in [0.5, 0.6) is 5.75 Å². The van der Waals surface area contributed by atoms with Gasteiger partial charge in [0.05, 0.1) is 18.1 Å².